The van der Waals surface area contributed by atoms with Gasteiger partial charge in [0.25, 0.3) is 0 Å². The van der Waals surface area contributed by atoms with Gasteiger partial charge in [0, 0.05) is 38.6 Å². The summed E-state index contributed by atoms with van der Waals surface area (Å²) >= 11 is 0. The molecule has 150 valence electrons. The van der Waals surface area contributed by atoms with E-state index in [-0.39, 0.29) is 24.0 Å². The molecule has 0 saturated heterocycles. The average molecular weight is 480 g/mol. The van der Waals surface area contributed by atoms with Crippen LogP contribution in [0.5, 0.6) is 5.88 Å². The molecule has 1 rings (SSSR count). The summed E-state index contributed by atoms with van der Waals surface area (Å²) in [6.45, 7) is 8.87. The number of guanidine groups is 1. The molecule has 0 fully saturated rings. The third-order valence-corrected chi connectivity index (χ3v) is 3.23. The molecular weight excluding hydrogens is 447 g/mol. The van der Waals surface area contributed by atoms with E-state index >= 15 is 0 Å². The van der Waals surface area contributed by atoms with Gasteiger partial charge in [-0.2, -0.15) is 0 Å². The van der Waals surface area contributed by atoms with Crippen LogP contribution in [0.1, 0.15) is 32.3 Å². The topological polar surface area (TPSA) is 77.0 Å². The highest BCUT2D eigenvalue weighted by molar-refractivity contribution is 14.0. The minimum atomic E-state index is 0. The summed E-state index contributed by atoms with van der Waals surface area (Å²) in [6, 6.07) is 3.90. The van der Waals surface area contributed by atoms with Crippen LogP contribution in [0.2, 0.25) is 0 Å². The summed E-state index contributed by atoms with van der Waals surface area (Å²) in [6.07, 6.45) is 3.60. The minimum absolute atomic E-state index is 0. The lowest BCUT2D eigenvalue weighted by atomic mass is 10.3. The maximum absolute atomic E-state index is 5.68. The summed E-state index contributed by atoms with van der Waals surface area (Å²) in [7, 11) is 1.67. The van der Waals surface area contributed by atoms with Crippen LogP contribution in [-0.4, -0.2) is 57.6 Å². The molecule has 0 unspecified atom stereocenters. The molecule has 1 heterocycles. The summed E-state index contributed by atoms with van der Waals surface area (Å²) in [4.78, 5) is 8.91. The summed E-state index contributed by atoms with van der Waals surface area (Å²) < 4.78 is 16.1. The normalized spacial score (nSPS) is 11.0. The number of hydrogen-bond acceptors (Lipinski definition) is 5. The fourth-order valence-electron chi connectivity index (χ4n) is 2.00. The van der Waals surface area contributed by atoms with Crippen LogP contribution in [-0.2, 0) is 16.0 Å². The fraction of sp³-hybridized carbons (Fsp3) is 0.667. The predicted octanol–water partition coefficient (Wildman–Crippen LogP) is 2.60. The van der Waals surface area contributed by atoms with Gasteiger partial charge in [0.2, 0.25) is 5.88 Å². The number of nitrogens with zero attached hydrogens (tertiary/aromatic N) is 2. The van der Waals surface area contributed by atoms with Crippen molar-refractivity contribution in [2.45, 2.75) is 33.2 Å². The van der Waals surface area contributed by atoms with Gasteiger partial charge >= 0.3 is 0 Å². The first-order chi connectivity index (χ1) is 12.3. The first-order valence-electron chi connectivity index (χ1n) is 8.97. The number of aliphatic imine (C=N–C) groups is 1. The highest BCUT2D eigenvalue weighted by Gasteiger charge is 2.04. The Morgan fingerprint density at radius 3 is 2.73 bits per heavy atom. The van der Waals surface area contributed by atoms with Gasteiger partial charge in [0.15, 0.2) is 5.96 Å². The van der Waals surface area contributed by atoms with Gasteiger partial charge in [-0.25, -0.2) is 9.98 Å². The molecule has 1 aromatic heterocycles. The Bertz CT molecular complexity index is 489. The molecule has 0 aliphatic heterocycles. The van der Waals surface area contributed by atoms with E-state index in [1.807, 2.05) is 19.1 Å². The Balaban J connectivity index is 0.00000625. The van der Waals surface area contributed by atoms with Crippen molar-refractivity contribution >= 4 is 29.9 Å². The van der Waals surface area contributed by atoms with Crippen molar-refractivity contribution in [3.8, 4) is 5.88 Å². The smallest absolute Gasteiger partial charge is 0.218 e. The molecule has 8 heteroatoms. The summed E-state index contributed by atoms with van der Waals surface area (Å²) in [5, 5.41) is 6.55. The molecule has 2 N–H and O–H groups in total. The summed E-state index contributed by atoms with van der Waals surface area (Å²) in [5.74, 6) is 1.44. The largest absolute Gasteiger partial charge is 0.477 e. The van der Waals surface area contributed by atoms with Gasteiger partial charge in [-0.15, -0.1) is 24.0 Å². The maximum Gasteiger partial charge on any atom is 0.218 e. The van der Waals surface area contributed by atoms with Crippen LogP contribution in [0.3, 0.4) is 0 Å². The second-order valence-electron chi connectivity index (χ2n) is 5.40. The van der Waals surface area contributed by atoms with E-state index in [9.17, 15) is 0 Å². The monoisotopic (exact) mass is 480 g/mol. The molecule has 0 aliphatic carbocycles. The van der Waals surface area contributed by atoms with Crippen LogP contribution in [0, 0.1) is 0 Å². The van der Waals surface area contributed by atoms with E-state index in [1.54, 1.807) is 13.3 Å². The van der Waals surface area contributed by atoms with E-state index < -0.39 is 0 Å². The van der Waals surface area contributed by atoms with Crippen molar-refractivity contribution in [1.82, 2.24) is 15.6 Å². The fourth-order valence-corrected chi connectivity index (χ4v) is 2.00. The van der Waals surface area contributed by atoms with Gasteiger partial charge in [-0.05, 0) is 25.8 Å². The highest BCUT2D eigenvalue weighted by atomic mass is 127. The molecular formula is C18H33IN4O3. The number of aromatic nitrogens is 1. The van der Waals surface area contributed by atoms with E-state index in [0.29, 0.717) is 38.9 Å². The predicted molar refractivity (Wildman–Crippen MR) is 116 cm³/mol. The number of pyridine rings is 1. The van der Waals surface area contributed by atoms with E-state index in [2.05, 4.69) is 27.5 Å². The lowest BCUT2D eigenvalue weighted by molar-refractivity contribution is 0.0698. The van der Waals surface area contributed by atoms with E-state index in [1.165, 1.54) is 0 Å². The average Bonchev–Trinajstić information content (AvgIpc) is 2.64. The van der Waals surface area contributed by atoms with Crippen molar-refractivity contribution in [2.24, 2.45) is 4.99 Å². The Morgan fingerprint density at radius 1 is 1.15 bits per heavy atom. The van der Waals surface area contributed by atoms with Crippen LogP contribution < -0.4 is 15.4 Å². The molecule has 0 aromatic carbocycles. The first kappa shape index (κ1) is 24.9. The lowest BCUT2D eigenvalue weighted by Crippen LogP contribution is -2.38. The lowest BCUT2D eigenvalue weighted by Gasteiger charge is -2.12. The standard InChI is InChI=1S/C18H32N4O3.HI/c1-4-11-25-17-16(8-6-9-20-17)15-22-18(19-5-2)21-10-7-12-24-14-13-23-3;/h6,8-9H,4-5,7,10-15H2,1-3H3,(H2,19,21,22);1H. The number of halogens is 1. The third-order valence-electron chi connectivity index (χ3n) is 3.23. The van der Waals surface area contributed by atoms with Gasteiger partial charge < -0.3 is 24.8 Å². The molecule has 7 nitrogen and oxygen atoms in total. The summed E-state index contributed by atoms with van der Waals surface area (Å²) in [5.41, 5.74) is 0.982. The van der Waals surface area contributed by atoms with Crippen molar-refractivity contribution in [3.63, 3.8) is 0 Å². The van der Waals surface area contributed by atoms with Crippen LogP contribution in [0.4, 0.5) is 0 Å². The zero-order chi connectivity index (χ0) is 18.2. The number of methoxy groups -OCH3 is 1. The van der Waals surface area contributed by atoms with Crippen molar-refractivity contribution in [3.05, 3.63) is 23.9 Å². The van der Waals surface area contributed by atoms with Gasteiger partial charge in [-0.3, -0.25) is 0 Å². The van der Waals surface area contributed by atoms with Gasteiger partial charge in [0.05, 0.1) is 26.4 Å². The number of ether oxygens (including phenoxy) is 3. The van der Waals surface area contributed by atoms with Crippen molar-refractivity contribution in [1.29, 1.82) is 0 Å². The minimum Gasteiger partial charge on any atom is -0.477 e. The maximum atomic E-state index is 5.68. The first-order valence-corrected chi connectivity index (χ1v) is 8.97. The molecule has 0 spiro atoms. The van der Waals surface area contributed by atoms with Crippen LogP contribution >= 0.6 is 24.0 Å². The Labute approximate surface area is 174 Å². The molecule has 0 radical (unpaired) electrons. The SMILES string of the molecule is CCCOc1ncccc1CN=C(NCC)NCCCOCCOC.I. The molecule has 0 bridgehead atoms. The van der Waals surface area contributed by atoms with Crippen LogP contribution in [0.15, 0.2) is 23.3 Å². The highest BCUT2D eigenvalue weighted by Crippen LogP contribution is 2.15. The Morgan fingerprint density at radius 2 is 2.00 bits per heavy atom. The molecule has 0 saturated carbocycles. The third kappa shape index (κ3) is 11.5. The van der Waals surface area contributed by atoms with Crippen LogP contribution in [0.25, 0.3) is 0 Å². The van der Waals surface area contributed by atoms with E-state index in [0.717, 1.165) is 37.5 Å². The molecule has 0 aliphatic rings. The second-order valence-corrected chi connectivity index (χ2v) is 5.40. The number of hydrogen-bond donors (Lipinski definition) is 2. The molecule has 1 aromatic rings. The zero-order valence-corrected chi connectivity index (χ0v) is 18.5. The quantitative estimate of drug-likeness (QED) is 0.196. The van der Waals surface area contributed by atoms with E-state index in [4.69, 9.17) is 14.2 Å². The number of rotatable bonds is 13. The van der Waals surface area contributed by atoms with Crippen molar-refractivity contribution < 1.29 is 14.2 Å². The zero-order valence-electron chi connectivity index (χ0n) is 16.1. The molecule has 26 heavy (non-hydrogen) atoms. The Kier molecular flexibility index (Phi) is 16.5. The van der Waals surface area contributed by atoms with Crippen molar-refractivity contribution in [2.75, 3.05) is 46.6 Å². The Hall–Kier alpha value is -1.13. The van der Waals surface area contributed by atoms with Gasteiger partial charge in [-0.1, -0.05) is 13.0 Å². The van der Waals surface area contributed by atoms with Gasteiger partial charge in [0.1, 0.15) is 0 Å². The number of nitrogens with one attached hydrogen (secondary N) is 2. The molecule has 0 atom stereocenters. The second kappa shape index (κ2) is 17.3. The molecule has 0 amide bonds.